The van der Waals surface area contributed by atoms with Crippen LogP contribution in [0.25, 0.3) is 0 Å². The van der Waals surface area contributed by atoms with E-state index in [0.717, 1.165) is 17.9 Å². The van der Waals surface area contributed by atoms with Gasteiger partial charge in [-0.3, -0.25) is 0 Å². The Kier molecular flexibility index (Phi) is 5.31. The van der Waals surface area contributed by atoms with Crippen LogP contribution in [0.3, 0.4) is 0 Å². The number of thioether (sulfide) groups is 1. The molecule has 1 atom stereocenters. The third-order valence-electron chi connectivity index (χ3n) is 3.19. The Hall–Kier alpha value is -0.760. The van der Waals surface area contributed by atoms with Crippen LogP contribution in [0.4, 0.5) is 0 Å². The number of aliphatic hydroxyl groups is 1. The molecule has 1 aliphatic rings. The molecular formula is C13H19NO4S2. The predicted octanol–water partition coefficient (Wildman–Crippen LogP) is 1.01. The van der Waals surface area contributed by atoms with Gasteiger partial charge >= 0.3 is 0 Å². The highest BCUT2D eigenvalue weighted by Gasteiger charge is 2.25. The van der Waals surface area contributed by atoms with Gasteiger partial charge < -0.3 is 9.84 Å². The van der Waals surface area contributed by atoms with Crippen molar-refractivity contribution in [1.82, 2.24) is 4.72 Å². The Bertz CT molecular complexity index is 553. The van der Waals surface area contributed by atoms with Gasteiger partial charge in [-0.05, 0) is 42.4 Å². The number of sulfonamides is 1. The van der Waals surface area contributed by atoms with Gasteiger partial charge in [-0.25, -0.2) is 13.1 Å². The fourth-order valence-electron chi connectivity index (χ4n) is 2.17. The van der Waals surface area contributed by atoms with Crippen LogP contribution in [-0.4, -0.2) is 44.8 Å². The van der Waals surface area contributed by atoms with Gasteiger partial charge in [0.1, 0.15) is 5.75 Å². The van der Waals surface area contributed by atoms with E-state index in [1.807, 2.05) is 0 Å². The van der Waals surface area contributed by atoms with Crippen LogP contribution in [-0.2, 0) is 16.4 Å². The summed E-state index contributed by atoms with van der Waals surface area (Å²) in [5.41, 5.74) is 0.574. The maximum atomic E-state index is 12.4. The van der Waals surface area contributed by atoms with Crippen molar-refractivity contribution in [2.45, 2.75) is 23.8 Å². The van der Waals surface area contributed by atoms with Gasteiger partial charge in [0.15, 0.2) is 0 Å². The van der Waals surface area contributed by atoms with Gasteiger partial charge in [-0.2, -0.15) is 11.8 Å². The van der Waals surface area contributed by atoms with Crippen molar-refractivity contribution in [3.8, 4) is 5.75 Å². The van der Waals surface area contributed by atoms with Gasteiger partial charge in [0.2, 0.25) is 10.0 Å². The molecule has 1 fully saturated rings. The maximum Gasteiger partial charge on any atom is 0.241 e. The molecule has 0 saturated carbocycles. The largest absolute Gasteiger partial charge is 0.497 e. The van der Waals surface area contributed by atoms with E-state index in [1.54, 1.807) is 23.9 Å². The minimum Gasteiger partial charge on any atom is -0.497 e. The monoisotopic (exact) mass is 317 g/mol. The molecule has 1 saturated heterocycles. The number of rotatable bonds is 6. The number of hydrogen-bond donors (Lipinski definition) is 2. The third kappa shape index (κ3) is 3.66. The second kappa shape index (κ2) is 6.80. The van der Waals surface area contributed by atoms with Crippen molar-refractivity contribution in [3.63, 3.8) is 0 Å². The van der Waals surface area contributed by atoms with E-state index in [2.05, 4.69) is 4.72 Å². The van der Waals surface area contributed by atoms with E-state index in [9.17, 15) is 8.42 Å². The van der Waals surface area contributed by atoms with Crippen LogP contribution < -0.4 is 9.46 Å². The van der Waals surface area contributed by atoms with Crippen LogP contribution in [0.2, 0.25) is 0 Å². The Balaban J connectivity index is 2.29. The normalized spacial score (nSPS) is 19.2. The van der Waals surface area contributed by atoms with E-state index < -0.39 is 10.0 Å². The third-order valence-corrected chi connectivity index (χ3v) is 5.97. The molecular weight excluding hydrogens is 298 g/mol. The minimum absolute atomic E-state index is 0.00548. The first kappa shape index (κ1) is 15.6. The van der Waals surface area contributed by atoms with Gasteiger partial charge in [-0.1, -0.05) is 0 Å². The maximum absolute atomic E-state index is 12.4. The second-order valence-electron chi connectivity index (χ2n) is 4.63. The molecule has 0 radical (unpaired) electrons. The zero-order valence-electron chi connectivity index (χ0n) is 11.3. The molecule has 0 bridgehead atoms. The number of hydrogen-bond acceptors (Lipinski definition) is 5. The lowest BCUT2D eigenvalue weighted by Gasteiger charge is -2.15. The first-order valence-electron chi connectivity index (χ1n) is 6.44. The Morgan fingerprint density at radius 2 is 2.30 bits per heavy atom. The lowest BCUT2D eigenvalue weighted by molar-refractivity contribution is 0.298. The number of methoxy groups -OCH3 is 1. The van der Waals surface area contributed by atoms with Crippen molar-refractivity contribution in [1.29, 1.82) is 0 Å². The zero-order chi connectivity index (χ0) is 14.6. The first-order valence-corrected chi connectivity index (χ1v) is 9.08. The van der Waals surface area contributed by atoms with E-state index in [-0.39, 0.29) is 24.0 Å². The predicted molar refractivity (Wildman–Crippen MR) is 79.8 cm³/mol. The fourth-order valence-corrected chi connectivity index (χ4v) is 4.95. The van der Waals surface area contributed by atoms with Crippen LogP contribution in [0.5, 0.6) is 5.75 Å². The summed E-state index contributed by atoms with van der Waals surface area (Å²) < 4.78 is 32.7. The summed E-state index contributed by atoms with van der Waals surface area (Å²) in [5, 5.41) is 9.10. The summed E-state index contributed by atoms with van der Waals surface area (Å²) in [6.07, 6.45) is 1.14. The molecule has 1 aliphatic heterocycles. The Morgan fingerprint density at radius 3 is 2.90 bits per heavy atom. The summed E-state index contributed by atoms with van der Waals surface area (Å²) in [5.74, 6) is 2.38. The first-order chi connectivity index (χ1) is 9.56. The average molecular weight is 317 g/mol. The zero-order valence-corrected chi connectivity index (χ0v) is 13.0. The minimum atomic E-state index is -3.55. The molecule has 0 aromatic heterocycles. The van der Waals surface area contributed by atoms with Gasteiger partial charge in [0.05, 0.1) is 12.0 Å². The van der Waals surface area contributed by atoms with E-state index in [1.165, 1.54) is 13.2 Å². The van der Waals surface area contributed by atoms with Crippen molar-refractivity contribution in [2.24, 2.45) is 0 Å². The molecule has 1 heterocycles. The standard InChI is InChI=1S/C13H19NO4S2/c1-18-12-2-3-13(10(8-12)4-6-15)20(16,17)14-11-5-7-19-9-11/h2-3,8,11,14-15H,4-7,9H2,1H3. The van der Waals surface area contributed by atoms with E-state index >= 15 is 0 Å². The van der Waals surface area contributed by atoms with Crippen LogP contribution in [0.15, 0.2) is 23.1 Å². The molecule has 2 rings (SSSR count). The highest BCUT2D eigenvalue weighted by molar-refractivity contribution is 7.99. The summed E-state index contributed by atoms with van der Waals surface area (Å²) in [4.78, 5) is 0.226. The topological polar surface area (TPSA) is 75.6 Å². The number of nitrogens with one attached hydrogen (secondary N) is 1. The van der Waals surface area contributed by atoms with Crippen molar-refractivity contribution >= 4 is 21.8 Å². The van der Waals surface area contributed by atoms with Crippen molar-refractivity contribution < 1.29 is 18.3 Å². The number of ether oxygens (including phenoxy) is 1. The lowest BCUT2D eigenvalue weighted by Crippen LogP contribution is -2.35. The SMILES string of the molecule is COc1ccc(S(=O)(=O)NC2CCSC2)c(CCO)c1. The molecule has 1 unspecified atom stereocenters. The molecule has 0 amide bonds. The van der Waals surface area contributed by atoms with Gasteiger partial charge in [0, 0.05) is 18.4 Å². The van der Waals surface area contributed by atoms with Crippen LogP contribution in [0.1, 0.15) is 12.0 Å². The van der Waals surface area contributed by atoms with E-state index in [4.69, 9.17) is 9.84 Å². The van der Waals surface area contributed by atoms with Crippen LogP contribution >= 0.6 is 11.8 Å². The molecule has 0 spiro atoms. The van der Waals surface area contributed by atoms with Gasteiger partial charge in [-0.15, -0.1) is 0 Å². The summed E-state index contributed by atoms with van der Waals surface area (Å²) in [7, 11) is -2.02. The molecule has 5 nitrogen and oxygen atoms in total. The number of aliphatic hydroxyl groups excluding tert-OH is 1. The second-order valence-corrected chi connectivity index (χ2v) is 7.46. The average Bonchev–Trinajstić information content (AvgIpc) is 2.91. The molecule has 2 N–H and O–H groups in total. The molecule has 0 aliphatic carbocycles. The van der Waals surface area contributed by atoms with E-state index in [0.29, 0.717) is 11.3 Å². The smallest absolute Gasteiger partial charge is 0.241 e. The lowest BCUT2D eigenvalue weighted by atomic mass is 10.1. The van der Waals surface area contributed by atoms with Gasteiger partial charge in [0.25, 0.3) is 0 Å². The number of benzene rings is 1. The quantitative estimate of drug-likeness (QED) is 0.819. The Morgan fingerprint density at radius 1 is 1.50 bits per heavy atom. The highest BCUT2D eigenvalue weighted by atomic mass is 32.2. The molecule has 112 valence electrons. The summed E-state index contributed by atoms with van der Waals surface area (Å²) >= 11 is 1.75. The highest BCUT2D eigenvalue weighted by Crippen LogP contribution is 2.24. The molecule has 7 heteroatoms. The van der Waals surface area contributed by atoms with Crippen molar-refractivity contribution in [3.05, 3.63) is 23.8 Å². The molecule has 1 aromatic carbocycles. The van der Waals surface area contributed by atoms with Crippen LogP contribution in [0, 0.1) is 0 Å². The van der Waals surface area contributed by atoms with Crippen molar-refractivity contribution in [2.75, 3.05) is 25.2 Å². The fraction of sp³-hybridized carbons (Fsp3) is 0.538. The summed E-state index contributed by atoms with van der Waals surface area (Å²) in [6, 6.07) is 4.82. The molecule has 1 aromatic rings. The Labute approximate surface area is 123 Å². The summed E-state index contributed by atoms with van der Waals surface area (Å²) in [6.45, 7) is -0.102. The molecule has 20 heavy (non-hydrogen) atoms.